The van der Waals surface area contributed by atoms with Crippen LogP contribution >= 0.6 is 0 Å². The fourth-order valence-corrected chi connectivity index (χ4v) is 8.41. The van der Waals surface area contributed by atoms with Crippen LogP contribution in [0.25, 0.3) is 0 Å². The van der Waals surface area contributed by atoms with Crippen molar-refractivity contribution < 1.29 is 28.9 Å². The van der Waals surface area contributed by atoms with Gasteiger partial charge < -0.3 is 24.2 Å². The van der Waals surface area contributed by atoms with E-state index in [2.05, 4.69) is 20.8 Å². The van der Waals surface area contributed by atoms with Gasteiger partial charge in [-0.3, -0.25) is 4.79 Å². The Hall–Kier alpha value is -1.70. The van der Waals surface area contributed by atoms with Crippen molar-refractivity contribution in [3.05, 3.63) is 23.3 Å². The van der Waals surface area contributed by atoms with Crippen LogP contribution in [-0.2, 0) is 19.0 Å². The molecule has 1 saturated heterocycles. The largest absolute Gasteiger partial charge is 0.438 e. The number of ether oxygens (including phenoxy) is 3. The van der Waals surface area contributed by atoms with Crippen molar-refractivity contribution in [1.82, 2.24) is 4.90 Å². The number of allylic oxidation sites excluding steroid dienone is 1. The van der Waals surface area contributed by atoms with E-state index in [1.807, 2.05) is 32.9 Å². The average molecular weight is 500 g/mol. The van der Waals surface area contributed by atoms with Crippen molar-refractivity contribution in [2.45, 2.75) is 96.9 Å². The quantitative estimate of drug-likeness (QED) is 0.572. The van der Waals surface area contributed by atoms with Gasteiger partial charge in [-0.2, -0.15) is 0 Å². The standard InChI is InChI=1S/C29H41NO6/c1-15-13-28-16(2)11-20-21(26(20,3)4)19(22(28)31)12-17-14-34-27(5,6)36-24(17)29(28,33)23(15)35-25(32)30(7)18-9-8-10-18/h12-13,16,18-21,23-24,33H,8-11,14H2,1-7H3/t16-,19+,20-,21+,23+,24-,28+,29-/m1/s1. The van der Waals surface area contributed by atoms with Crippen LogP contribution in [0.4, 0.5) is 4.79 Å². The van der Waals surface area contributed by atoms with Gasteiger partial charge in [0, 0.05) is 19.0 Å². The number of carbonyl (C=O) groups is 2. The van der Waals surface area contributed by atoms with Crippen LogP contribution in [0, 0.1) is 34.5 Å². The maximum Gasteiger partial charge on any atom is 0.410 e. The van der Waals surface area contributed by atoms with E-state index in [1.54, 1.807) is 11.9 Å². The highest BCUT2D eigenvalue weighted by atomic mass is 16.7. The maximum atomic E-state index is 14.7. The van der Waals surface area contributed by atoms with E-state index in [1.165, 1.54) is 0 Å². The monoisotopic (exact) mass is 499 g/mol. The van der Waals surface area contributed by atoms with E-state index in [-0.39, 0.29) is 41.6 Å². The third-order valence-corrected chi connectivity index (χ3v) is 10.8. The van der Waals surface area contributed by atoms with Crippen LogP contribution in [0.2, 0.25) is 0 Å². The van der Waals surface area contributed by atoms with Crippen LogP contribution in [0.3, 0.4) is 0 Å². The minimum Gasteiger partial charge on any atom is -0.438 e. The summed E-state index contributed by atoms with van der Waals surface area (Å²) in [6, 6.07) is 0.159. The van der Waals surface area contributed by atoms with Crippen molar-refractivity contribution in [1.29, 1.82) is 0 Å². The van der Waals surface area contributed by atoms with E-state index in [4.69, 9.17) is 14.2 Å². The summed E-state index contributed by atoms with van der Waals surface area (Å²) in [6.45, 7) is 12.4. The molecule has 0 aromatic heterocycles. The molecule has 0 radical (unpaired) electrons. The second-order valence-electron chi connectivity index (χ2n) is 13.5. The molecule has 1 N–H and O–H groups in total. The van der Waals surface area contributed by atoms with E-state index in [9.17, 15) is 14.7 Å². The third kappa shape index (κ3) is 2.97. The molecular weight excluding hydrogens is 458 g/mol. The SMILES string of the molecule is CC1=C[C@]23C(=O)[C@@H](C=C4COC(C)(C)O[C@H]4[C@]2(O)[C@H]1OC(=O)N(C)C1CCC1)[C@H]1[C@@H](C[C@H]3C)C1(C)C. The van der Waals surface area contributed by atoms with E-state index in [0.29, 0.717) is 5.92 Å². The minimum absolute atomic E-state index is 0.0316. The zero-order valence-electron chi connectivity index (χ0n) is 22.7. The first-order valence-corrected chi connectivity index (χ1v) is 13.7. The molecule has 1 aliphatic heterocycles. The molecule has 198 valence electrons. The van der Waals surface area contributed by atoms with Crippen molar-refractivity contribution in [3.8, 4) is 0 Å². The summed E-state index contributed by atoms with van der Waals surface area (Å²) in [5.41, 5.74) is -1.40. The molecular formula is C29H41NO6. The molecule has 6 rings (SSSR count). The number of carbonyl (C=O) groups excluding carboxylic acids is 2. The predicted octanol–water partition coefficient (Wildman–Crippen LogP) is 4.24. The molecule has 7 nitrogen and oxygen atoms in total. The van der Waals surface area contributed by atoms with Crippen molar-refractivity contribution in [3.63, 3.8) is 0 Å². The van der Waals surface area contributed by atoms with Crippen LogP contribution in [0.1, 0.15) is 67.2 Å². The number of amides is 1. The second-order valence-corrected chi connectivity index (χ2v) is 13.5. The Labute approximate surface area is 214 Å². The van der Waals surface area contributed by atoms with Gasteiger partial charge in [0.1, 0.15) is 6.10 Å². The summed E-state index contributed by atoms with van der Waals surface area (Å²) in [5.74, 6) is -0.762. The first-order valence-electron chi connectivity index (χ1n) is 13.7. The number of ketones is 1. The molecule has 1 spiro atoms. The van der Waals surface area contributed by atoms with Gasteiger partial charge in [0.15, 0.2) is 23.3 Å². The number of nitrogens with zero attached hydrogens (tertiary/aromatic N) is 1. The highest BCUT2D eigenvalue weighted by molar-refractivity contribution is 5.95. The van der Waals surface area contributed by atoms with Gasteiger partial charge in [0.05, 0.1) is 12.0 Å². The van der Waals surface area contributed by atoms with Crippen molar-refractivity contribution in [2.75, 3.05) is 13.7 Å². The molecule has 6 aliphatic rings. The molecule has 5 aliphatic carbocycles. The average Bonchev–Trinajstić information content (AvgIpc) is 3.25. The number of hydrogen-bond donors (Lipinski definition) is 1. The molecule has 36 heavy (non-hydrogen) atoms. The first-order chi connectivity index (χ1) is 16.8. The molecule has 1 heterocycles. The van der Waals surface area contributed by atoms with Gasteiger partial charge in [-0.05, 0) is 80.8 Å². The molecule has 0 aromatic carbocycles. The number of aliphatic hydroxyl groups is 1. The van der Waals surface area contributed by atoms with Crippen LogP contribution in [-0.4, -0.2) is 65.2 Å². The highest BCUT2D eigenvalue weighted by Crippen LogP contribution is 2.72. The van der Waals surface area contributed by atoms with Crippen LogP contribution in [0.5, 0.6) is 0 Å². The van der Waals surface area contributed by atoms with Crippen molar-refractivity contribution >= 4 is 11.9 Å². The Balaban J connectivity index is 1.49. The molecule has 1 amide bonds. The summed E-state index contributed by atoms with van der Waals surface area (Å²) in [6.07, 6.45) is 5.56. The lowest BCUT2D eigenvalue weighted by atomic mass is 9.59. The molecule has 2 bridgehead atoms. The van der Waals surface area contributed by atoms with Gasteiger partial charge >= 0.3 is 6.09 Å². The Morgan fingerprint density at radius 3 is 2.56 bits per heavy atom. The van der Waals surface area contributed by atoms with Gasteiger partial charge in [0.2, 0.25) is 0 Å². The normalized spacial score (nSPS) is 46.1. The molecule has 3 saturated carbocycles. The van der Waals surface area contributed by atoms with E-state index < -0.39 is 35.1 Å². The Bertz CT molecular complexity index is 1070. The molecule has 0 aromatic rings. The fraction of sp³-hybridized carbons (Fsp3) is 0.793. The highest BCUT2D eigenvalue weighted by Gasteiger charge is 2.77. The zero-order chi connectivity index (χ0) is 26.0. The lowest BCUT2D eigenvalue weighted by Gasteiger charge is -2.53. The Morgan fingerprint density at radius 2 is 1.92 bits per heavy atom. The summed E-state index contributed by atoms with van der Waals surface area (Å²) < 4.78 is 18.7. The first kappa shape index (κ1) is 24.6. The Morgan fingerprint density at radius 1 is 1.22 bits per heavy atom. The number of Topliss-reactive ketones (excluding diaryl/α,β-unsaturated/α-hetero) is 1. The lowest BCUT2D eigenvalue weighted by molar-refractivity contribution is -0.303. The van der Waals surface area contributed by atoms with Gasteiger partial charge in [-0.15, -0.1) is 0 Å². The number of rotatable bonds is 2. The van der Waals surface area contributed by atoms with E-state index >= 15 is 0 Å². The van der Waals surface area contributed by atoms with Crippen LogP contribution in [0.15, 0.2) is 23.3 Å². The fourth-order valence-electron chi connectivity index (χ4n) is 8.41. The molecule has 8 atom stereocenters. The van der Waals surface area contributed by atoms with Crippen LogP contribution < -0.4 is 0 Å². The molecule has 0 unspecified atom stereocenters. The number of hydrogen-bond acceptors (Lipinski definition) is 6. The third-order valence-electron chi connectivity index (χ3n) is 10.8. The summed E-state index contributed by atoms with van der Waals surface area (Å²) in [4.78, 5) is 29.6. The van der Waals surface area contributed by atoms with Gasteiger partial charge in [-0.25, -0.2) is 4.79 Å². The van der Waals surface area contributed by atoms with Gasteiger partial charge in [0.25, 0.3) is 0 Å². The molecule has 7 heteroatoms. The maximum absolute atomic E-state index is 14.7. The molecule has 4 fully saturated rings. The van der Waals surface area contributed by atoms with E-state index in [0.717, 1.165) is 36.8 Å². The lowest BCUT2D eigenvalue weighted by Crippen LogP contribution is -2.68. The predicted molar refractivity (Wildman–Crippen MR) is 133 cm³/mol. The summed E-state index contributed by atoms with van der Waals surface area (Å²) in [5, 5.41) is 13.0. The summed E-state index contributed by atoms with van der Waals surface area (Å²) in [7, 11) is 1.76. The summed E-state index contributed by atoms with van der Waals surface area (Å²) >= 11 is 0. The smallest absolute Gasteiger partial charge is 0.410 e. The topological polar surface area (TPSA) is 85.3 Å². The Kier molecular flexibility index (Phi) is 5.09. The number of fused-ring (bicyclic) bond motifs is 5. The second kappa shape index (κ2) is 7.45. The zero-order valence-corrected chi connectivity index (χ0v) is 22.7. The van der Waals surface area contributed by atoms with Crippen molar-refractivity contribution in [2.24, 2.45) is 34.5 Å². The minimum atomic E-state index is -1.76. The van der Waals surface area contributed by atoms with Gasteiger partial charge in [-0.1, -0.05) is 32.9 Å².